The maximum absolute atomic E-state index is 12.6. The van der Waals surface area contributed by atoms with Crippen LogP contribution >= 0.6 is 0 Å². The molecular formula is C22H27N5O2. The number of nitrogens with zero attached hydrogens (tertiary/aromatic N) is 4. The Hall–Kier alpha value is -3.09. The molecule has 3 heterocycles. The number of amides is 2. The Labute approximate surface area is 170 Å². The van der Waals surface area contributed by atoms with Crippen LogP contribution in [-0.4, -0.2) is 51.2 Å². The van der Waals surface area contributed by atoms with Gasteiger partial charge in [0.15, 0.2) is 5.65 Å². The van der Waals surface area contributed by atoms with Crippen LogP contribution in [0.2, 0.25) is 0 Å². The molecule has 1 saturated heterocycles. The number of methoxy groups -OCH3 is 1. The van der Waals surface area contributed by atoms with Crippen molar-refractivity contribution in [2.45, 2.75) is 38.8 Å². The summed E-state index contributed by atoms with van der Waals surface area (Å²) in [5.74, 6) is 1.67. The number of fused-ring (bicyclic) bond motifs is 1. The van der Waals surface area contributed by atoms with Crippen molar-refractivity contribution in [3.8, 4) is 17.1 Å². The van der Waals surface area contributed by atoms with Crippen LogP contribution in [0.25, 0.3) is 22.6 Å². The van der Waals surface area contributed by atoms with Gasteiger partial charge in [0, 0.05) is 30.4 Å². The minimum atomic E-state index is -0.257. The van der Waals surface area contributed by atoms with E-state index in [1.54, 1.807) is 13.3 Å². The van der Waals surface area contributed by atoms with Crippen molar-refractivity contribution in [1.29, 1.82) is 0 Å². The molecule has 0 spiro atoms. The molecule has 1 N–H and O–H groups in total. The van der Waals surface area contributed by atoms with Crippen molar-refractivity contribution in [2.75, 3.05) is 20.2 Å². The highest BCUT2D eigenvalue weighted by molar-refractivity contribution is 5.78. The van der Waals surface area contributed by atoms with Crippen LogP contribution in [0, 0.1) is 0 Å². The number of aromatic nitrogens is 3. The second kappa shape index (κ2) is 7.39. The van der Waals surface area contributed by atoms with E-state index in [1.807, 2.05) is 62.1 Å². The number of hydrogen-bond donors (Lipinski definition) is 1. The number of carbonyl (C=O) groups excluding carboxylic acids is 1. The first-order valence-corrected chi connectivity index (χ1v) is 9.90. The van der Waals surface area contributed by atoms with E-state index < -0.39 is 0 Å². The van der Waals surface area contributed by atoms with E-state index in [4.69, 9.17) is 9.72 Å². The highest BCUT2D eigenvalue weighted by atomic mass is 16.5. The van der Waals surface area contributed by atoms with Gasteiger partial charge in [-0.3, -0.25) is 0 Å². The van der Waals surface area contributed by atoms with Gasteiger partial charge in [-0.25, -0.2) is 14.8 Å². The molecule has 1 aliphatic rings. The van der Waals surface area contributed by atoms with Crippen molar-refractivity contribution in [3.05, 3.63) is 42.6 Å². The Morgan fingerprint density at radius 1 is 1.21 bits per heavy atom. The molecule has 4 rings (SSSR count). The SMILES string of the molecule is COc1ccc(-c2nc3cccnc3n2[C@@H]2CCN(C(=O)NC(C)(C)C)C2)cc1. The smallest absolute Gasteiger partial charge is 0.317 e. The molecule has 29 heavy (non-hydrogen) atoms. The normalized spacial score (nSPS) is 17.0. The number of likely N-dealkylation sites (tertiary alicyclic amines) is 1. The number of carbonyl (C=O) groups is 1. The number of hydrogen-bond acceptors (Lipinski definition) is 4. The fourth-order valence-electron chi connectivity index (χ4n) is 3.76. The number of urea groups is 1. The summed E-state index contributed by atoms with van der Waals surface area (Å²) in [7, 11) is 1.66. The molecule has 2 amide bonds. The summed E-state index contributed by atoms with van der Waals surface area (Å²) in [4.78, 5) is 23.9. The van der Waals surface area contributed by atoms with Crippen LogP contribution in [0.4, 0.5) is 4.79 Å². The van der Waals surface area contributed by atoms with Gasteiger partial charge in [-0.1, -0.05) is 0 Å². The molecule has 7 nitrogen and oxygen atoms in total. The summed E-state index contributed by atoms with van der Waals surface area (Å²) in [6, 6.07) is 11.9. The lowest BCUT2D eigenvalue weighted by Gasteiger charge is -2.25. The number of imidazole rings is 1. The first-order valence-electron chi connectivity index (χ1n) is 9.90. The quantitative estimate of drug-likeness (QED) is 0.733. The van der Waals surface area contributed by atoms with Gasteiger partial charge in [0.1, 0.15) is 17.1 Å². The average Bonchev–Trinajstić information content (AvgIpc) is 3.31. The van der Waals surface area contributed by atoms with E-state index in [0.29, 0.717) is 13.1 Å². The maximum atomic E-state index is 12.6. The third kappa shape index (κ3) is 3.90. The van der Waals surface area contributed by atoms with Gasteiger partial charge in [-0.15, -0.1) is 0 Å². The van der Waals surface area contributed by atoms with Gasteiger partial charge in [0.05, 0.1) is 13.2 Å². The van der Waals surface area contributed by atoms with Gasteiger partial charge in [-0.05, 0) is 63.6 Å². The fraction of sp³-hybridized carbons (Fsp3) is 0.409. The van der Waals surface area contributed by atoms with Crippen molar-refractivity contribution in [1.82, 2.24) is 24.8 Å². The zero-order valence-corrected chi connectivity index (χ0v) is 17.3. The van der Waals surface area contributed by atoms with Crippen molar-refractivity contribution >= 4 is 17.2 Å². The van der Waals surface area contributed by atoms with Crippen LogP contribution in [-0.2, 0) is 0 Å². The van der Waals surface area contributed by atoms with Crippen LogP contribution in [0.1, 0.15) is 33.2 Å². The molecule has 3 aromatic rings. The topological polar surface area (TPSA) is 72.3 Å². The van der Waals surface area contributed by atoms with E-state index in [0.717, 1.165) is 34.7 Å². The molecule has 152 valence electrons. The molecular weight excluding hydrogens is 366 g/mol. The number of ether oxygens (including phenoxy) is 1. The second-order valence-corrected chi connectivity index (χ2v) is 8.45. The van der Waals surface area contributed by atoms with Crippen LogP contribution in [0.3, 0.4) is 0 Å². The molecule has 7 heteroatoms. The predicted molar refractivity (Wildman–Crippen MR) is 113 cm³/mol. The third-order valence-electron chi connectivity index (χ3n) is 5.09. The molecule has 2 aromatic heterocycles. The summed E-state index contributed by atoms with van der Waals surface area (Å²) in [6.45, 7) is 7.32. The average molecular weight is 393 g/mol. The summed E-state index contributed by atoms with van der Waals surface area (Å²) >= 11 is 0. The summed E-state index contributed by atoms with van der Waals surface area (Å²) in [5.41, 5.74) is 2.45. The molecule has 1 atom stereocenters. The lowest BCUT2D eigenvalue weighted by molar-refractivity contribution is 0.198. The zero-order valence-electron chi connectivity index (χ0n) is 17.3. The van der Waals surface area contributed by atoms with E-state index in [-0.39, 0.29) is 17.6 Å². The van der Waals surface area contributed by atoms with Gasteiger partial charge in [0.25, 0.3) is 0 Å². The number of pyridine rings is 1. The predicted octanol–water partition coefficient (Wildman–Crippen LogP) is 3.86. The fourth-order valence-corrected chi connectivity index (χ4v) is 3.76. The van der Waals surface area contributed by atoms with Gasteiger partial charge in [0.2, 0.25) is 0 Å². The largest absolute Gasteiger partial charge is 0.497 e. The maximum Gasteiger partial charge on any atom is 0.317 e. The summed E-state index contributed by atoms with van der Waals surface area (Å²) < 4.78 is 7.47. The lowest BCUT2D eigenvalue weighted by Crippen LogP contribution is -2.47. The molecule has 0 bridgehead atoms. The highest BCUT2D eigenvalue weighted by Crippen LogP contribution is 2.32. The van der Waals surface area contributed by atoms with Crippen LogP contribution in [0.15, 0.2) is 42.6 Å². The zero-order chi connectivity index (χ0) is 20.6. The molecule has 1 aliphatic heterocycles. The van der Waals surface area contributed by atoms with Crippen molar-refractivity contribution < 1.29 is 9.53 Å². The number of rotatable bonds is 3. The Morgan fingerprint density at radius 2 is 1.97 bits per heavy atom. The van der Waals surface area contributed by atoms with Gasteiger partial charge >= 0.3 is 6.03 Å². The summed E-state index contributed by atoms with van der Waals surface area (Å²) in [6.07, 6.45) is 2.65. The van der Waals surface area contributed by atoms with Crippen molar-refractivity contribution in [2.24, 2.45) is 0 Å². The lowest BCUT2D eigenvalue weighted by atomic mass is 10.1. The highest BCUT2D eigenvalue weighted by Gasteiger charge is 2.32. The van der Waals surface area contributed by atoms with E-state index in [9.17, 15) is 4.79 Å². The standard InChI is InChI=1S/C22H27N5O2/c1-22(2,3)25-21(28)26-13-11-16(14-26)27-19(15-7-9-17(29-4)10-8-15)24-18-6-5-12-23-20(18)27/h5-10,12,16H,11,13-14H2,1-4H3,(H,25,28)/t16-/m1/s1. The summed E-state index contributed by atoms with van der Waals surface area (Å²) in [5, 5.41) is 3.06. The second-order valence-electron chi connectivity index (χ2n) is 8.45. The van der Waals surface area contributed by atoms with Gasteiger partial charge in [-0.2, -0.15) is 0 Å². The molecule has 0 unspecified atom stereocenters. The van der Waals surface area contributed by atoms with Crippen LogP contribution in [0.5, 0.6) is 5.75 Å². The first kappa shape index (κ1) is 19.2. The molecule has 0 saturated carbocycles. The number of nitrogens with one attached hydrogen (secondary N) is 1. The Morgan fingerprint density at radius 3 is 2.66 bits per heavy atom. The van der Waals surface area contributed by atoms with E-state index in [2.05, 4.69) is 14.9 Å². The molecule has 1 fully saturated rings. The Balaban J connectivity index is 1.69. The van der Waals surface area contributed by atoms with Gasteiger partial charge < -0.3 is 19.5 Å². The minimum Gasteiger partial charge on any atom is -0.497 e. The number of benzene rings is 1. The first-order chi connectivity index (χ1) is 13.9. The molecule has 1 aromatic carbocycles. The van der Waals surface area contributed by atoms with Crippen LogP contribution < -0.4 is 10.1 Å². The minimum absolute atomic E-state index is 0.0247. The monoisotopic (exact) mass is 393 g/mol. The molecule has 0 radical (unpaired) electrons. The third-order valence-corrected chi connectivity index (χ3v) is 5.09. The van der Waals surface area contributed by atoms with E-state index in [1.165, 1.54) is 0 Å². The Kier molecular flexibility index (Phi) is 4.90. The van der Waals surface area contributed by atoms with Crippen molar-refractivity contribution in [3.63, 3.8) is 0 Å². The Bertz CT molecular complexity index is 1020. The molecule has 0 aliphatic carbocycles. The van der Waals surface area contributed by atoms with E-state index >= 15 is 0 Å².